The lowest BCUT2D eigenvalue weighted by molar-refractivity contribution is 0.264. The molecule has 0 bridgehead atoms. The van der Waals surface area contributed by atoms with Gasteiger partial charge in [-0.3, -0.25) is 5.32 Å². The van der Waals surface area contributed by atoms with Crippen LogP contribution in [0.3, 0.4) is 0 Å². The molecule has 50 valence electrons. The van der Waals surface area contributed by atoms with Gasteiger partial charge in [-0.2, -0.15) is 0 Å². The Labute approximate surface area is 49.5 Å². The van der Waals surface area contributed by atoms with Crippen LogP contribution in [-0.2, 0) is 10.7 Å². The minimum atomic E-state index is -2.29. The monoisotopic (exact) mass is 139 g/mol. The summed E-state index contributed by atoms with van der Waals surface area (Å²) < 4.78 is 19.6. The van der Waals surface area contributed by atoms with E-state index in [1.165, 1.54) is 0 Å². The Morgan fingerprint density at radius 1 is 1.50 bits per heavy atom. The van der Waals surface area contributed by atoms with Crippen LogP contribution in [0.25, 0.3) is 0 Å². The Bertz CT molecular complexity index is 103. The number of nitrogens with one attached hydrogen (secondary N) is 1. The standard InChI is InChI=1S/C3H9NO3S/c5-3-4-1-2-8(6)7/h4-5,8H,1-3H2. The van der Waals surface area contributed by atoms with E-state index in [0.717, 1.165) is 0 Å². The van der Waals surface area contributed by atoms with Crippen LogP contribution < -0.4 is 5.32 Å². The van der Waals surface area contributed by atoms with Crippen molar-refractivity contribution in [2.75, 3.05) is 19.0 Å². The van der Waals surface area contributed by atoms with Gasteiger partial charge < -0.3 is 5.11 Å². The third kappa shape index (κ3) is 5.87. The molecule has 0 radical (unpaired) electrons. The van der Waals surface area contributed by atoms with E-state index in [1.807, 2.05) is 0 Å². The van der Waals surface area contributed by atoms with Crippen molar-refractivity contribution in [3.05, 3.63) is 0 Å². The smallest absolute Gasteiger partial charge is 0.141 e. The van der Waals surface area contributed by atoms with Crippen LogP contribution in [0.5, 0.6) is 0 Å². The molecule has 0 amide bonds. The highest BCUT2D eigenvalue weighted by Crippen LogP contribution is 1.60. The van der Waals surface area contributed by atoms with E-state index in [2.05, 4.69) is 5.32 Å². The third-order valence-electron chi connectivity index (χ3n) is 0.583. The zero-order valence-corrected chi connectivity index (χ0v) is 5.23. The van der Waals surface area contributed by atoms with Crippen molar-refractivity contribution < 1.29 is 13.5 Å². The lowest BCUT2D eigenvalue weighted by atomic mass is 10.8. The predicted molar refractivity (Wildman–Crippen MR) is 30.3 cm³/mol. The summed E-state index contributed by atoms with van der Waals surface area (Å²) in [6.45, 7) is 0.165. The molecule has 0 saturated heterocycles. The summed E-state index contributed by atoms with van der Waals surface area (Å²) in [6.07, 6.45) is 0. The molecule has 0 heterocycles. The summed E-state index contributed by atoms with van der Waals surface area (Å²) in [5.41, 5.74) is 0. The molecule has 0 saturated carbocycles. The molecule has 0 aromatic heterocycles. The molecule has 0 aliphatic carbocycles. The van der Waals surface area contributed by atoms with E-state index >= 15 is 0 Å². The highest BCUT2D eigenvalue weighted by molar-refractivity contribution is 7.72. The van der Waals surface area contributed by atoms with Gasteiger partial charge in [0.15, 0.2) is 0 Å². The average Bonchev–Trinajstić information content (AvgIpc) is 1.66. The Morgan fingerprint density at radius 3 is 2.50 bits per heavy atom. The van der Waals surface area contributed by atoms with Crippen LogP contribution in [0.15, 0.2) is 0 Å². The summed E-state index contributed by atoms with van der Waals surface area (Å²) in [5.74, 6) is 0.0931. The zero-order chi connectivity index (χ0) is 6.41. The summed E-state index contributed by atoms with van der Waals surface area (Å²) in [6, 6.07) is 0. The maximum atomic E-state index is 9.79. The lowest BCUT2D eigenvalue weighted by Gasteiger charge is -1.91. The van der Waals surface area contributed by atoms with Crippen LogP contribution in [0.1, 0.15) is 0 Å². The van der Waals surface area contributed by atoms with Gasteiger partial charge in [0.05, 0.1) is 12.5 Å². The molecule has 0 fully saturated rings. The first kappa shape index (κ1) is 7.87. The van der Waals surface area contributed by atoms with Crippen molar-refractivity contribution in [1.29, 1.82) is 0 Å². The van der Waals surface area contributed by atoms with E-state index in [1.54, 1.807) is 0 Å². The van der Waals surface area contributed by atoms with Gasteiger partial charge in [0.2, 0.25) is 0 Å². The normalized spacial score (nSPS) is 10.2. The maximum absolute atomic E-state index is 9.79. The summed E-state index contributed by atoms with van der Waals surface area (Å²) in [7, 11) is -2.29. The topological polar surface area (TPSA) is 66.4 Å². The Morgan fingerprint density at radius 2 is 2.12 bits per heavy atom. The first-order valence-electron chi connectivity index (χ1n) is 2.20. The molecule has 2 N–H and O–H groups in total. The van der Waals surface area contributed by atoms with Crippen molar-refractivity contribution in [1.82, 2.24) is 5.32 Å². The van der Waals surface area contributed by atoms with Gasteiger partial charge in [0.1, 0.15) is 10.7 Å². The second-order valence-corrected chi connectivity index (χ2v) is 2.33. The minimum absolute atomic E-state index is 0.0931. The molecule has 4 nitrogen and oxygen atoms in total. The van der Waals surface area contributed by atoms with Gasteiger partial charge in [-0.15, -0.1) is 0 Å². The third-order valence-corrected chi connectivity index (χ3v) is 1.17. The molecule has 0 spiro atoms. The van der Waals surface area contributed by atoms with Crippen LogP contribution in [-0.4, -0.2) is 32.6 Å². The number of thiol groups is 1. The molecule has 0 atom stereocenters. The summed E-state index contributed by atoms with van der Waals surface area (Å²) in [5, 5.41) is 10.5. The van der Waals surface area contributed by atoms with Crippen molar-refractivity contribution in [2.45, 2.75) is 0 Å². The van der Waals surface area contributed by atoms with Crippen molar-refractivity contribution >= 4 is 10.7 Å². The highest BCUT2D eigenvalue weighted by atomic mass is 32.2. The fraction of sp³-hybridized carbons (Fsp3) is 1.00. The first-order chi connectivity index (χ1) is 3.77. The van der Waals surface area contributed by atoms with E-state index < -0.39 is 10.7 Å². The Kier molecular flexibility index (Phi) is 4.93. The fourth-order valence-electron chi connectivity index (χ4n) is 0.249. The van der Waals surface area contributed by atoms with Crippen molar-refractivity contribution in [2.24, 2.45) is 0 Å². The SMILES string of the molecule is O=[SH](=O)CCNCO. The number of rotatable bonds is 4. The number of aliphatic hydroxyl groups is 1. The van der Waals surface area contributed by atoms with Gasteiger partial charge >= 0.3 is 0 Å². The molecule has 0 unspecified atom stereocenters. The number of aliphatic hydroxyl groups excluding tert-OH is 1. The minimum Gasteiger partial charge on any atom is -0.381 e. The fourth-order valence-corrected chi connectivity index (χ4v) is 0.590. The van der Waals surface area contributed by atoms with Gasteiger partial charge in [0.25, 0.3) is 0 Å². The van der Waals surface area contributed by atoms with Crippen LogP contribution in [0.2, 0.25) is 0 Å². The van der Waals surface area contributed by atoms with E-state index in [9.17, 15) is 8.42 Å². The molecular formula is C3H9NO3S. The quantitative estimate of drug-likeness (QED) is 0.243. The molecule has 0 aliphatic heterocycles. The molecule has 0 aromatic carbocycles. The van der Waals surface area contributed by atoms with Gasteiger partial charge in [-0.05, 0) is 0 Å². The molecular weight excluding hydrogens is 130 g/mol. The second-order valence-electron chi connectivity index (χ2n) is 1.21. The highest BCUT2D eigenvalue weighted by Gasteiger charge is 1.83. The molecule has 0 aromatic rings. The number of hydrogen-bond acceptors (Lipinski definition) is 4. The molecule has 0 rings (SSSR count). The average molecular weight is 139 g/mol. The Hall–Kier alpha value is -0.130. The Balaban J connectivity index is 2.94. The molecule has 5 heteroatoms. The maximum Gasteiger partial charge on any atom is 0.141 e. The predicted octanol–water partition coefficient (Wildman–Crippen LogP) is -1.86. The van der Waals surface area contributed by atoms with E-state index in [4.69, 9.17) is 5.11 Å². The van der Waals surface area contributed by atoms with Crippen LogP contribution >= 0.6 is 0 Å². The van der Waals surface area contributed by atoms with Gasteiger partial charge in [-0.1, -0.05) is 0 Å². The zero-order valence-electron chi connectivity index (χ0n) is 4.33. The van der Waals surface area contributed by atoms with E-state index in [0.29, 0.717) is 6.54 Å². The molecule has 0 aliphatic rings. The summed E-state index contributed by atoms with van der Waals surface area (Å²) >= 11 is 0. The second kappa shape index (κ2) is 5.02. The van der Waals surface area contributed by atoms with Crippen molar-refractivity contribution in [3.63, 3.8) is 0 Å². The largest absolute Gasteiger partial charge is 0.381 e. The van der Waals surface area contributed by atoms with E-state index in [-0.39, 0.29) is 12.5 Å². The molecule has 8 heavy (non-hydrogen) atoms. The van der Waals surface area contributed by atoms with Gasteiger partial charge in [0, 0.05) is 6.54 Å². The first-order valence-corrected chi connectivity index (χ1v) is 3.57. The summed E-state index contributed by atoms with van der Waals surface area (Å²) in [4.78, 5) is 0. The van der Waals surface area contributed by atoms with Crippen LogP contribution in [0, 0.1) is 0 Å². The van der Waals surface area contributed by atoms with Crippen LogP contribution in [0.4, 0.5) is 0 Å². The van der Waals surface area contributed by atoms with Gasteiger partial charge in [-0.25, -0.2) is 8.42 Å². The lowest BCUT2D eigenvalue weighted by Crippen LogP contribution is -2.19. The van der Waals surface area contributed by atoms with Crippen molar-refractivity contribution in [3.8, 4) is 0 Å². The number of hydrogen-bond donors (Lipinski definition) is 3.